The number of amides is 1. The number of likely N-dealkylation sites (N-methyl/N-ethyl adjacent to an activating group) is 1. The molecule has 0 saturated carbocycles. The molecular weight excluding hydrogens is 388 g/mol. The van der Waals surface area contributed by atoms with Crippen molar-refractivity contribution >= 4 is 34.3 Å². The lowest BCUT2D eigenvalue weighted by molar-refractivity contribution is -0.120. The van der Waals surface area contributed by atoms with Crippen molar-refractivity contribution in [1.82, 2.24) is 4.98 Å². The molecule has 0 N–H and O–H groups in total. The number of fused-ring (bicyclic) bond motifs is 1. The molecule has 0 aliphatic rings. The van der Waals surface area contributed by atoms with Crippen LogP contribution in [0.15, 0.2) is 71.1 Å². The van der Waals surface area contributed by atoms with Crippen molar-refractivity contribution in [2.45, 2.75) is 6.92 Å². The van der Waals surface area contributed by atoms with Crippen LogP contribution in [0.25, 0.3) is 22.6 Å². The number of aryl methyl sites for hydroxylation is 1. The lowest BCUT2D eigenvalue weighted by Gasteiger charge is -2.18. The number of rotatable bonds is 5. The van der Waals surface area contributed by atoms with Crippen LogP contribution >= 0.6 is 11.6 Å². The van der Waals surface area contributed by atoms with E-state index >= 15 is 0 Å². The fraction of sp³-hybridized carbons (Fsp3) is 0.130. The van der Waals surface area contributed by atoms with Crippen LogP contribution in [0.1, 0.15) is 5.56 Å². The number of anilines is 1. The van der Waals surface area contributed by atoms with Crippen LogP contribution in [0.2, 0.25) is 5.02 Å². The molecule has 0 spiro atoms. The molecule has 0 atom stereocenters. The second kappa shape index (κ2) is 7.97. The first-order chi connectivity index (χ1) is 14.0. The largest absolute Gasteiger partial charge is 0.483 e. The zero-order valence-electron chi connectivity index (χ0n) is 16.1. The van der Waals surface area contributed by atoms with Crippen LogP contribution in [0.4, 0.5) is 5.69 Å². The highest BCUT2D eigenvalue weighted by atomic mass is 35.5. The van der Waals surface area contributed by atoms with E-state index in [9.17, 15) is 4.79 Å². The minimum Gasteiger partial charge on any atom is -0.483 e. The molecule has 6 heteroatoms. The number of aromatic nitrogens is 1. The van der Waals surface area contributed by atoms with E-state index in [0.29, 0.717) is 27.8 Å². The maximum atomic E-state index is 12.5. The van der Waals surface area contributed by atoms with Crippen molar-refractivity contribution in [3.8, 4) is 17.2 Å². The van der Waals surface area contributed by atoms with Gasteiger partial charge in [-0.1, -0.05) is 29.8 Å². The van der Waals surface area contributed by atoms with E-state index in [-0.39, 0.29) is 12.5 Å². The van der Waals surface area contributed by atoms with Crippen LogP contribution in [0.5, 0.6) is 5.75 Å². The molecule has 4 aromatic rings. The van der Waals surface area contributed by atoms with Gasteiger partial charge in [0.25, 0.3) is 5.91 Å². The molecule has 0 aliphatic heterocycles. The smallest absolute Gasteiger partial charge is 0.264 e. The molecule has 5 nitrogen and oxygen atoms in total. The maximum absolute atomic E-state index is 12.5. The lowest BCUT2D eigenvalue weighted by atomic mass is 10.2. The van der Waals surface area contributed by atoms with Gasteiger partial charge in [0, 0.05) is 23.3 Å². The van der Waals surface area contributed by atoms with Crippen LogP contribution in [0.3, 0.4) is 0 Å². The summed E-state index contributed by atoms with van der Waals surface area (Å²) in [5, 5.41) is 0.612. The van der Waals surface area contributed by atoms with Gasteiger partial charge < -0.3 is 14.1 Å². The number of para-hydroxylation sites is 1. The number of carbonyl (C=O) groups excluding carboxylic acids is 1. The second-order valence-corrected chi connectivity index (χ2v) is 7.12. The quantitative estimate of drug-likeness (QED) is 0.439. The zero-order valence-corrected chi connectivity index (χ0v) is 16.8. The molecule has 4 rings (SSSR count). The number of oxazole rings is 1. The Morgan fingerprint density at radius 2 is 1.86 bits per heavy atom. The number of hydrogen-bond acceptors (Lipinski definition) is 4. The van der Waals surface area contributed by atoms with Crippen molar-refractivity contribution in [1.29, 1.82) is 0 Å². The molecule has 1 heterocycles. The van der Waals surface area contributed by atoms with Crippen LogP contribution in [0, 0.1) is 6.92 Å². The standard InChI is InChI=1S/C23H19ClN2O3/c1-15-5-3-4-6-20(15)28-14-22(27)26(2)18-10-7-16(8-11-18)23-25-19-13-17(24)9-12-21(19)29-23/h3-13H,14H2,1-2H3. The van der Waals surface area contributed by atoms with Gasteiger partial charge in [-0.25, -0.2) is 4.98 Å². The molecule has 0 radical (unpaired) electrons. The number of benzene rings is 3. The Balaban J connectivity index is 1.46. The Hall–Kier alpha value is -3.31. The van der Waals surface area contributed by atoms with Crippen LogP contribution < -0.4 is 9.64 Å². The Kier molecular flexibility index (Phi) is 5.23. The molecule has 29 heavy (non-hydrogen) atoms. The first-order valence-electron chi connectivity index (χ1n) is 9.13. The van der Waals surface area contributed by atoms with Crippen LogP contribution in [-0.4, -0.2) is 24.5 Å². The SMILES string of the molecule is Cc1ccccc1OCC(=O)N(C)c1ccc(-c2nc3cc(Cl)ccc3o2)cc1. The van der Waals surface area contributed by atoms with E-state index in [1.807, 2.05) is 55.5 Å². The summed E-state index contributed by atoms with van der Waals surface area (Å²) < 4.78 is 11.4. The van der Waals surface area contributed by atoms with Gasteiger partial charge in [0.1, 0.15) is 11.3 Å². The molecule has 146 valence electrons. The summed E-state index contributed by atoms with van der Waals surface area (Å²) in [6.45, 7) is 1.91. The molecule has 1 aromatic heterocycles. The topological polar surface area (TPSA) is 55.6 Å². The minimum absolute atomic E-state index is 0.0327. The van der Waals surface area contributed by atoms with Gasteiger partial charge >= 0.3 is 0 Å². The highest BCUT2D eigenvalue weighted by molar-refractivity contribution is 6.31. The van der Waals surface area contributed by atoms with Crippen molar-refractivity contribution in [3.05, 3.63) is 77.3 Å². The number of ether oxygens (including phenoxy) is 1. The van der Waals surface area contributed by atoms with Crippen molar-refractivity contribution in [2.24, 2.45) is 0 Å². The van der Waals surface area contributed by atoms with Gasteiger partial charge in [0.2, 0.25) is 5.89 Å². The molecule has 0 saturated heterocycles. The second-order valence-electron chi connectivity index (χ2n) is 6.68. The Morgan fingerprint density at radius 1 is 1.10 bits per heavy atom. The number of carbonyl (C=O) groups is 1. The summed E-state index contributed by atoms with van der Waals surface area (Å²) >= 11 is 6.00. The molecule has 0 unspecified atom stereocenters. The van der Waals surface area contributed by atoms with Crippen LogP contribution in [-0.2, 0) is 4.79 Å². The van der Waals surface area contributed by atoms with Gasteiger partial charge in [0.05, 0.1) is 0 Å². The van der Waals surface area contributed by atoms with E-state index in [2.05, 4.69) is 4.98 Å². The van der Waals surface area contributed by atoms with Gasteiger partial charge in [-0.05, 0) is 61.0 Å². The van der Waals surface area contributed by atoms with Crippen molar-refractivity contribution in [3.63, 3.8) is 0 Å². The third-order valence-corrected chi connectivity index (χ3v) is 4.91. The number of nitrogens with zero attached hydrogens (tertiary/aromatic N) is 2. The van der Waals surface area contributed by atoms with E-state index in [4.69, 9.17) is 20.8 Å². The summed E-state index contributed by atoms with van der Waals surface area (Å²) in [7, 11) is 1.72. The highest BCUT2D eigenvalue weighted by Crippen LogP contribution is 2.27. The fourth-order valence-electron chi connectivity index (χ4n) is 2.95. The number of halogens is 1. The number of hydrogen-bond donors (Lipinski definition) is 0. The molecule has 1 amide bonds. The highest BCUT2D eigenvalue weighted by Gasteiger charge is 2.14. The molecular formula is C23H19ClN2O3. The van der Waals surface area contributed by atoms with Gasteiger partial charge in [-0.2, -0.15) is 0 Å². The van der Waals surface area contributed by atoms with E-state index in [1.54, 1.807) is 30.1 Å². The molecule has 0 bridgehead atoms. The lowest BCUT2D eigenvalue weighted by Crippen LogP contribution is -2.31. The molecule has 3 aromatic carbocycles. The third-order valence-electron chi connectivity index (χ3n) is 4.67. The summed E-state index contributed by atoms with van der Waals surface area (Å²) in [5.74, 6) is 1.07. The monoisotopic (exact) mass is 406 g/mol. The normalized spacial score (nSPS) is 10.9. The Morgan fingerprint density at radius 3 is 2.62 bits per heavy atom. The summed E-state index contributed by atoms with van der Waals surface area (Å²) in [4.78, 5) is 18.5. The average Bonchev–Trinajstić information content (AvgIpc) is 3.15. The van der Waals surface area contributed by atoms with E-state index < -0.39 is 0 Å². The zero-order chi connectivity index (χ0) is 20.4. The third kappa shape index (κ3) is 4.10. The first-order valence-corrected chi connectivity index (χ1v) is 9.50. The Bertz CT molecular complexity index is 1170. The van der Waals surface area contributed by atoms with Gasteiger partial charge in [-0.15, -0.1) is 0 Å². The predicted octanol–water partition coefficient (Wildman–Crippen LogP) is 5.50. The van der Waals surface area contributed by atoms with Crippen molar-refractivity contribution < 1.29 is 13.9 Å². The fourth-order valence-corrected chi connectivity index (χ4v) is 3.12. The molecule has 0 aliphatic carbocycles. The maximum Gasteiger partial charge on any atom is 0.264 e. The van der Waals surface area contributed by atoms with Crippen molar-refractivity contribution in [2.75, 3.05) is 18.6 Å². The molecule has 0 fully saturated rings. The average molecular weight is 407 g/mol. The Labute approximate surface area is 173 Å². The van der Waals surface area contributed by atoms with E-state index in [1.165, 1.54) is 0 Å². The predicted molar refractivity (Wildman–Crippen MR) is 115 cm³/mol. The van der Waals surface area contributed by atoms with Gasteiger partial charge in [0.15, 0.2) is 12.2 Å². The minimum atomic E-state index is -0.141. The summed E-state index contributed by atoms with van der Waals surface area (Å²) in [5.41, 5.74) is 3.95. The van der Waals surface area contributed by atoms with E-state index in [0.717, 1.165) is 16.8 Å². The summed E-state index contributed by atoms with van der Waals surface area (Å²) in [6.07, 6.45) is 0. The van der Waals surface area contributed by atoms with Gasteiger partial charge in [-0.3, -0.25) is 4.79 Å². The first kappa shape index (κ1) is 19.0. The summed E-state index contributed by atoms with van der Waals surface area (Å²) in [6, 6.07) is 20.4.